The second kappa shape index (κ2) is 9.64. The van der Waals surface area contributed by atoms with Gasteiger partial charge in [-0.15, -0.1) is 0 Å². The van der Waals surface area contributed by atoms with Gasteiger partial charge >= 0.3 is 0 Å². The van der Waals surface area contributed by atoms with Crippen molar-refractivity contribution < 1.29 is 19.0 Å². The zero-order chi connectivity index (χ0) is 20.6. The third kappa shape index (κ3) is 5.51. The third-order valence-corrected chi connectivity index (χ3v) is 4.14. The number of aryl methyl sites for hydroxylation is 1. The summed E-state index contributed by atoms with van der Waals surface area (Å²) < 4.78 is 17.0. The third-order valence-electron chi connectivity index (χ3n) is 4.14. The van der Waals surface area contributed by atoms with Gasteiger partial charge in [0.2, 0.25) is 0 Å². The fraction of sp³-hybridized carbons (Fsp3) is 0.208. The Hall–Kier alpha value is -3.47. The molecule has 1 N–H and O–H groups in total. The molecule has 0 spiro atoms. The topological polar surface area (TPSA) is 56.8 Å². The zero-order valence-electron chi connectivity index (χ0n) is 16.9. The van der Waals surface area contributed by atoms with Crippen molar-refractivity contribution in [1.82, 2.24) is 0 Å². The van der Waals surface area contributed by atoms with E-state index >= 15 is 0 Å². The molecule has 5 heteroatoms. The summed E-state index contributed by atoms with van der Waals surface area (Å²) in [5.74, 6) is 2.45. The van der Waals surface area contributed by atoms with Crippen LogP contribution in [0, 0.1) is 6.92 Å². The van der Waals surface area contributed by atoms with Gasteiger partial charge in [0.15, 0.2) is 11.5 Å². The lowest BCUT2D eigenvalue weighted by molar-refractivity contribution is 0.102. The lowest BCUT2D eigenvalue weighted by Gasteiger charge is -2.13. The van der Waals surface area contributed by atoms with Crippen LogP contribution in [0.25, 0.3) is 0 Å². The van der Waals surface area contributed by atoms with Gasteiger partial charge in [-0.1, -0.05) is 12.1 Å². The molecule has 0 fully saturated rings. The van der Waals surface area contributed by atoms with E-state index in [2.05, 4.69) is 5.32 Å². The molecule has 1 amide bonds. The van der Waals surface area contributed by atoms with E-state index in [1.165, 1.54) is 0 Å². The molecule has 3 rings (SSSR count). The first-order valence-corrected chi connectivity index (χ1v) is 9.64. The van der Waals surface area contributed by atoms with Crippen molar-refractivity contribution in [3.8, 4) is 23.0 Å². The number of hydrogen-bond donors (Lipinski definition) is 1. The predicted octanol–water partition coefficient (Wildman–Crippen LogP) is 5.84. The molecule has 0 aliphatic rings. The summed E-state index contributed by atoms with van der Waals surface area (Å²) in [6.45, 7) is 6.84. The second-order valence-electron chi connectivity index (χ2n) is 6.42. The standard InChI is InChI=1S/C24H25NO4/c1-4-27-22-14-9-18(16-23(22)28-5-2)24(26)25-19-10-12-20(13-11-19)29-21-8-6-7-17(3)15-21/h6-16H,4-5H2,1-3H3,(H,25,26). The highest BCUT2D eigenvalue weighted by atomic mass is 16.5. The Balaban J connectivity index is 1.68. The number of rotatable bonds is 8. The molecule has 0 heterocycles. The molecule has 0 aliphatic carbocycles. The average Bonchev–Trinajstić information content (AvgIpc) is 2.71. The van der Waals surface area contributed by atoms with Crippen molar-refractivity contribution in [2.75, 3.05) is 18.5 Å². The highest BCUT2D eigenvalue weighted by molar-refractivity contribution is 6.04. The molecule has 0 unspecified atom stereocenters. The summed E-state index contributed by atoms with van der Waals surface area (Å²) in [5.41, 5.74) is 2.31. The summed E-state index contributed by atoms with van der Waals surface area (Å²) in [7, 11) is 0. The summed E-state index contributed by atoms with van der Waals surface area (Å²) in [6.07, 6.45) is 0. The number of hydrogen-bond acceptors (Lipinski definition) is 4. The van der Waals surface area contributed by atoms with E-state index in [1.807, 2.05) is 57.2 Å². The molecule has 5 nitrogen and oxygen atoms in total. The summed E-state index contributed by atoms with van der Waals surface area (Å²) in [4.78, 5) is 12.6. The molecular formula is C24H25NO4. The molecule has 3 aromatic rings. The van der Waals surface area contributed by atoms with Gasteiger partial charge in [-0.2, -0.15) is 0 Å². The molecule has 3 aromatic carbocycles. The minimum Gasteiger partial charge on any atom is -0.490 e. The van der Waals surface area contributed by atoms with E-state index in [-0.39, 0.29) is 5.91 Å². The molecule has 150 valence electrons. The highest BCUT2D eigenvalue weighted by Gasteiger charge is 2.12. The van der Waals surface area contributed by atoms with Crippen molar-refractivity contribution >= 4 is 11.6 Å². The molecule has 0 saturated carbocycles. The Morgan fingerprint density at radius 2 is 1.55 bits per heavy atom. The van der Waals surface area contributed by atoms with Crippen molar-refractivity contribution in [2.45, 2.75) is 20.8 Å². The van der Waals surface area contributed by atoms with Gasteiger partial charge in [-0.25, -0.2) is 0 Å². The monoisotopic (exact) mass is 391 g/mol. The minimum atomic E-state index is -0.221. The molecule has 0 bridgehead atoms. The van der Waals surface area contributed by atoms with E-state index < -0.39 is 0 Å². The van der Waals surface area contributed by atoms with E-state index in [1.54, 1.807) is 30.3 Å². The fourth-order valence-electron chi connectivity index (χ4n) is 2.82. The van der Waals surface area contributed by atoms with Crippen LogP contribution in [0.5, 0.6) is 23.0 Å². The Labute approximate surface area is 171 Å². The SMILES string of the molecule is CCOc1ccc(C(=O)Nc2ccc(Oc3cccc(C)c3)cc2)cc1OCC. The van der Waals surface area contributed by atoms with E-state index in [0.29, 0.717) is 41.7 Å². The zero-order valence-corrected chi connectivity index (χ0v) is 16.9. The number of amides is 1. The first-order chi connectivity index (χ1) is 14.1. The van der Waals surface area contributed by atoms with Crippen LogP contribution in [0.4, 0.5) is 5.69 Å². The Morgan fingerprint density at radius 1 is 0.828 bits per heavy atom. The van der Waals surface area contributed by atoms with Crippen LogP contribution in [-0.4, -0.2) is 19.1 Å². The van der Waals surface area contributed by atoms with E-state index in [9.17, 15) is 4.79 Å². The van der Waals surface area contributed by atoms with Crippen molar-refractivity contribution in [3.63, 3.8) is 0 Å². The van der Waals surface area contributed by atoms with Crippen molar-refractivity contribution in [3.05, 3.63) is 77.9 Å². The maximum Gasteiger partial charge on any atom is 0.255 e. The summed E-state index contributed by atoms with van der Waals surface area (Å²) >= 11 is 0. The van der Waals surface area contributed by atoms with Crippen LogP contribution in [0.3, 0.4) is 0 Å². The smallest absolute Gasteiger partial charge is 0.255 e. The number of carbonyl (C=O) groups is 1. The molecule has 0 saturated heterocycles. The average molecular weight is 391 g/mol. The van der Waals surface area contributed by atoms with Crippen LogP contribution < -0.4 is 19.5 Å². The van der Waals surface area contributed by atoms with E-state index in [4.69, 9.17) is 14.2 Å². The quantitative estimate of drug-likeness (QED) is 0.524. The number of carbonyl (C=O) groups excluding carboxylic acids is 1. The van der Waals surface area contributed by atoms with Crippen molar-refractivity contribution in [2.24, 2.45) is 0 Å². The van der Waals surface area contributed by atoms with Crippen molar-refractivity contribution in [1.29, 1.82) is 0 Å². The first-order valence-electron chi connectivity index (χ1n) is 9.64. The van der Waals surface area contributed by atoms with Crippen LogP contribution >= 0.6 is 0 Å². The van der Waals surface area contributed by atoms with Crippen LogP contribution in [0.2, 0.25) is 0 Å². The highest BCUT2D eigenvalue weighted by Crippen LogP contribution is 2.29. The molecule has 0 atom stereocenters. The Morgan fingerprint density at radius 3 is 2.24 bits per heavy atom. The molecule has 0 aliphatic heterocycles. The van der Waals surface area contributed by atoms with Gasteiger partial charge in [-0.05, 0) is 80.9 Å². The molecule has 0 radical (unpaired) electrons. The summed E-state index contributed by atoms with van der Waals surface area (Å²) in [5, 5.41) is 2.89. The number of nitrogens with one attached hydrogen (secondary N) is 1. The van der Waals surface area contributed by atoms with Gasteiger partial charge in [-0.3, -0.25) is 4.79 Å². The number of ether oxygens (including phenoxy) is 3. The molecule has 0 aromatic heterocycles. The lowest BCUT2D eigenvalue weighted by Crippen LogP contribution is -2.12. The minimum absolute atomic E-state index is 0.221. The lowest BCUT2D eigenvalue weighted by atomic mass is 10.1. The fourth-order valence-corrected chi connectivity index (χ4v) is 2.82. The number of anilines is 1. The van der Waals surface area contributed by atoms with Gasteiger partial charge in [0.05, 0.1) is 13.2 Å². The summed E-state index contributed by atoms with van der Waals surface area (Å²) in [6, 6.07) is 20.3. The van der Waals surface area contributed by atoms with Gasteiger partial charge in [0, 0.05) is 11.3 Å². The van der Waals surface area contributed by atoms with E-state index in [0.717, 1.165) is 11.3 Å². The Kier molecular flexibility index (Phi) is 6.74. The van der Waals surface area contributed by atoms with Gasteiger partial charge in [0.1, 0.15) is 11.5 Å². The second-order valence-corrected chi connectivity index (χ2v) is 6.42. The first kappa shape index (κ1) is 20.3. The molecule has 29 heavy (non-hydrogen) atoms. The maximum absolute atomic E-state index is 12.6. The maximum atomic E-state index is 12.6. The predicted molar refractivity (Wildman–Crippen MR) is 114 cm³/mol. The van der Waals surface area contributed by atoms with Crippen LogP contribution in [0.15, 0.2) is 66.7 Å². The largest absolute Gasteiger partial charge is 0.490 e. The van der Waals surface area contributed by atoms with Gasteiger partial charge in [0.25, 0.3) is 5.91 Å². The molecular weight excluding hydrogens is 366 g/mol. The van der Waals surface area contributed by atoms with Crippen LogP contribution in [0.1, 0.15) is 29.8 Å². The van der Waals surface area contributed by atoms with Crippen LogP contribution in [-0.2, 0) is 0 Å². The number of benzene rings is 3. The Bertz CT molecular complexity index is 967. The van der Waals surface area contributed by atoms with Gasteiger partial charge < -0.3 is 19.5 Å². The normalized spacial score (nSPS) is 10.3.